The van der Waals surface area contributed by atoms with Crippen LogP contribution in [0, 0.1) is 0 Å². The highest BCUT2D eigenvalue weighted by atomic mass is 32.2. The molecule has 1 aromatic carbocycles. The van der Waals surface area contributed by atoms with E-state index < -0.39 is 0 Å². The maximum absolute atomic E-state index is 12.2. The summed E-state index contributed by atoms with van der Waals surface area (Å²) in [7, 11) is 0. The number of ether oxygens (including phenoxy) is 1. The van der Waals surface area contributed by atoms with Crippen molar-refractivity contribution in [1.29, 1.82) is 0 Å². The van der Waals surface area contributed by atoms with Gasteiger partial charge >= 0.3 is 0 Å². The van der Waals surface area contributed by atoms with Gasteiger partial charge < -0.3 is 15.0 Å². The molecular weight excluding hydrogens is 350 g/mol. The van der Waals surface area contributed by atoms with Gasteiger partial charge in [-0.2, -0.15) is 0 Å². The van der Waals surface area contributed by atoms with Crippen molar-refractivity contribution in [2.24, 2.45) is 0 Å². The number of anilines is 1. The molecule has 1 amide bonds. The summed E-state index contributed by atoms with van der Waals surface area (Å²) in [5.41, 5.74) is 0.989. The fourth-order valence-electron chi connectivity index (χ4n) is 2.71. The monoisotopic (exact) mass is 375 g/mol. The molecule has 1 aromatic heterocycles. The molecule has 0 spiro atoms. The molecule has 0 radical (unpaired) electrons. The number of nitrogens with zero attached hydrogens (tertiary/aromatic N) is 4. The number of benzene rings is 1. The number of thioether (sulfide) groups is 1. The topological polar surface area (TPSA) is 72.3 Å². The van der Waals surface area contributed by atoms with Crippen molar-refractivity contribution in [1.82, 2.24) is 20.1 Å². The van der Waals surface area contributed by atoms with Crippen LogP contribution in [0.5, 0.6) is 0 Å². The molecule has 1 unspecified atom stereocenters. The Bertz CT molecular complexity index is 716. The Kier molecular flexibility index (Phi) is 6.51. The lowest BCUT2D eigenvalue weighted by Gasteiger charge is -2.28. The molecule has 1 aliphatic heterocycles. The number of hydrogen-bond donors (Lipinski definition) is 1. The van der Waals surface area contributed by atoms with Crippen LogP contribution in [0.15, 0.2) is 35.5 Å². The van der Waals surface area contributed by atoms with Crippen LogP contribution in [0.4, 0.5) is 5.95 Å². The molecule has 8 heteroatoms. The molecule has 3 rings (SSSR count). The van der Waals surface area contributed by atoms with E-state index in [2.05, 4.69) is 20.4 Å². The molecule has 0 bridgehead atoms. The SMILES string of the molecule is CCCNC(=O)C(C)Sc1nnc(N2CCOCC2)n1-c1ccccc1. The summed E-state index contributed by atoms with van der Waals surface area (Å²) in [4.78, 5) is 14.4. The Morgan fingerprint density at radius 3 is 2.69 bits per heavy atom. The van der Waals surface area contributed by atoms with E-state index in [1.807, 2.05) is 48.7 Å². The molecule has 7 nitrogen and oxygen atoms in total. The summed E-state index contributed by atoms with van der Waals surface area (Å²) in [5.74, 6) is 0.815. The molecule has 0 saturated carbocycles. The van der Waals surface area contributed by atoms with Crippen molar-refractivity contribution in [3.05, 3.63) is 30.3 Å². The highest BCUT2D eigenvalue weighted by Crippen LogP contribution is 2.29. The average molecular weight is 375 g/mol. The summed E-state index contributed by atoms with van der Waals surface area (Å²) in [5, 5.41) is 12.2. The number of para-hydroxylation sites is 1. The third-order valence-corrected chi connectivity index (χ3v) is 5.17. The molecule has 2 heterocycles. The molecule has 1 aliphatic rings. The van der Waals surface area contributed by atoms with Crippen LogP contribution in [0.2, 0.25) is 0 Å². The Morgan fingerprint density at radius 2 is 2.00 bits per heavy atom. The maximum atomic E-state index is 12.2. The molecule has 0 aliphatic carbocycles. The molecular formula is C18H25N5O2S. The van der Waals surface area contributed by atoms with Gasteiger partial charge in [-0.1, -0.05) is 36.9 Å². The summed E-state index contributed by atoms with van der Waals surface area (Å²) in [6.45, 7) is 7.55. The first kappa shape index (κ1) is 18.7. The second-order valence-corrected chi connectivity index (χ2v) is 7.41. The van der Waals surface area contributed by atoms with Gasteiger partial charge in [-0.25, -0.2) is 0 Å². The second-order valence-electron chi connectivity index (χ2n) is 6.10. The van der Waals surface area contributed by atoms with Gasteiger partial charge in [0.15, 0.2) is 5.16 Å². The number of carbonyl (C=O) groups excluding carboxylic acids is 1. The summed E-state index contributed by atoms with van der Waals surface area (Å²) in [6, 6.07) is 10.0. The molecule has 26 heavy (non-hydrogen) atoms. The van der Waals surface area contributed by atoms with Gasteiger partial charge in [0.1, 0.15) is 0 Å². The first-order chi connectivity index (χ1) is 12.7. The van der Waals surface area contributed by atoms with Crippen LogP contribution in [0.3, 0.4) is 0 Å². The Hall–Kier alpha value is -2.06. The van der Waals surface area contributed by atoms with Crippen LogP contribution in [-0.2, 0) is 9.53 Å². The van der Waals surface area contributed by atoms with Crippen LogP contribution in [0.25, 0.3) is 5.69 Å². The van der Waals surface area contributed by atoms with E-state index in [4.69, 9.17) is 4.74 Å². The van der Waals surface area contributed by atoms with Crippen molar-refractivity contribution in [2.45, 2.75) is 30.7 Å². The molecule has 2 aromatic rings. The van der Waals surface area contributed by atoms with Crippen LogP contribution in [-0.4, -0.2) is 58.8 Å². The lowest BCUT2D eigenvalue weighted by Crippen LogP contribution is -2.38. The van der Waals surface area contributed by atoms with E-state index >= 15 is 0 Å². The standard InChI is InChI=1S/C18H25N5O2S/c1-3-9-19-16(24)14(2)26-18-21-20-17(22-10-12-25-13-11-22)23(18)15-7-5-4-6-8-15/h4-8,14H,3,9-13H2,1-2H3,(H,19,24). The first-order valence-corrected chi connectivity index (χ1v) is 9.86. The van der Waals surface area contributed by atoms with Crippen LogP contribution in [0.1, 0.15) is 20.3 Å². The van der Waals surface area contributed by atoms with Gasteiger partial charge in [-0.05, 0) is 25.5 Å². The van der Waals surface area contributed by atoms with E-state index in [-0.39, 0.29) is 11.2 Å². The predicted octanol–water partition coefficient (Wildman–Crippen LogP) is 2.11. The van der Waals surface area contributed by atoms with E-state index in [0.717, 1.165) is 36.3 Å². The van der Waals surface area contributed by atoms with Gasteiger partial charge in [-0.3, -0.25) is 9.36 Å². The number of hydrogen-bond acceptors (Lipinski definition) is 6. The number of amides is 1. The smallest absolute Gasteiger partial charge is 0.233 e. The molecule has 1 N–H and O–H groups in total. The molecule has 140 valence electrons. The molecule has 1 atom stereocenters. The maximum Gasteiger partial charge on any atom is 0.233 e. The average Bonchev–Trinajstić information content (AvgIpc) is 3.10. The fourth-order valence-corrected chi connectivity index (χ4v) is 3.60. The van der Waals surface area contributed by atoms with Crippen molar-refractivity contribution in [3.8, 4) is 5.69 Å². The fraction of sp³-hybridized carbons (Fsp3) is 0.500. The van der Waals surface area contributed by atoms with Gasteiger partial charge in [0.2, 0.25) is 11.9 Å². The normalized spacial score (nSPS) is 15.7. The summed E-state index contributed by atoms with van der Waals surface area (Å²) < 4.78 is 7.48. The summed E-state index contributed by atoms with van der Waals surface area (Å²) >= 11 is 1.43. The highest BCUT2D eigenvalue weighted by molar-refractivity contribution is 8.00. The van der Waals surface area contributed by atoms with Crippen molar-refractivity contribution >= 4 is 23.6 Å². The van der Waals surface area contributed by atoms with Crippen molar-refractivity contribution in [3.63, 3.8) is 0 Å². The second kappa shape index (κ2) is 9.05. The van der Waals surface area contributed by atoms with E-state index in [1.165, 1.54) is 11.8 Å². The lowest BCUT2D eigenvalue weighted by atomic mass is 10.3. The number of morpholine rings is 1. The number of nitrogens with one attached hydrogen (secondary N) is 1. The Labute approximate surface area is 158 Å². The van der Waals surface area contributed by atoms with Crippen molar-refractivity contribution in [2.75, 3.05) is 37.7 Å². The van der Waals surface area contributed by atoms with Gasteiger partial charge in [-0.15, -0.1) is 10.2 Å². The zero-order chi connectivity index (χ0) is 18.4. The quantitative estimate of drug-likeness (QED) is 0.748. The predicted molar refractivity (Wildman–Crippen MR) is 103 cm³/mol. The number of carbonyl (C=O) groups is 1. The van der Waals surface area contributed by atoms with E-state index in [0.29, 0.717) is 19.8 Å². The Balaban J connectivity index is 1.87. The lowest BCUT2D eigenvalue weighted by molar-refractivity contribution is -0.120. The highest BCUT2D eigenvalue weighted by Gasteiger charge is 2.24. The third kappa shape index (κ3) is 4.37. The molecule has 1 fully saturated rings. The van der Waals surface area contributed by atoms with Crippen molar-refractivity contribution < 1.29 is 9.53 Å². The van der Waals surface area contributed by atoms with Gasteiger partial charge in [0.05, 0.1) is 24.2 Å². The van der Waals surface area contributed by atoms with E-state index in [9.17, 15) is 4.79 Å². The van der Waals surface area contributed by atoms with Crippen LogP contribution >= 0.6 is 11.8 Å². The number of aromatic nitrogens is 3. The Morgan fingerprint density at radius 1 is 1.27 bits per heavy atom. The minimum absolute atomic E-state index is 0.0207. The zero-order valence-corrected chi connectivity index (χ0v) is 16.0. The first-order valence-electron chi connectivity index (χ1n) is 8.98. The largest absolute Gasteiger partial charge is 0.378 e. The number of rotatable bonds is 7. The van der Waals surface area contributed by atoms with E-state index in [1.54, 1.807) is 0 Å². The minimum Gasteiger partial charge on any atom is -0.378 e. The zero-order valence-electron chi connectivity index (χ0n) is 15.2. The van der Waals surface area contributed by atoms with Crippen LogP contribution < -0.4 is 10.2 Å². The summed E-state index contributed by atoms with van der Waals surface area (Å²) in [6.07, 6.45) is 0.921. The minimum atomic E-state index is -0.245. The van der Waals surface area contributed by atoms with Gasteiger partial charge in [0, 0.05) is 19.6 Å². The molecule has 1 saturated heterocycles. The van der Waals surface area contributed by atoms with Gasteiger partial charge in [0.25, 0.3) is 0 Å². The third-order valence-electron chi connectivity index (χ3n) is 4.13.